The molecule has 1 aliphatic heterocycles. The van der Waals surface area contributed by atoms with E-state index in [0.717, 1.165) is 16.9 Å². The quantitative estimate of drug-likeness (QED) is 0.181. The fourth-order valence-corrected chi connectivity index (χ4v) is 5.35. The number of amides is 1. The summed E-state index contributed by atoms with van der Waals surface area (Å²) in [6, 6.07) is 27.1. The fraction of sp³-hybridized carbons (Fsp3) is 0.257. The summed E-state index contributed by atoms with van der Waals surface area (Å²) in [5, 5.41) is 5.32. The third-order valence-corrected chi connectivity index (χ3v) is 7.55. The maximum atomic E-state index is 14.1. The van der Waals surface area contributed by atoms with Crippen LogP contribution in [-0.4, -0.2) is 55.3 Å². The maximum Gasteiger partial charge on any atom is 0.331 e. The standard InChI is InChI=1S/C35H33ClN4O5/c1-34(2,3)45-33(42)30-21-43-35(4,5)39(30)32(41)28-20-31-37-27(22-11-15-24(36)16-12-22)19-29(40(31)38-28)23-13-17-26(18-14-23)44-25-9-7-6-8-10-25/h6-20,30H,21H2,1-5H3/t30-/m0/s1. The van der Waals surface area contributed by atoms with Crippen LogP contribution in [0.4, 0.5) is 0 Å². The van der Waals surface area contributed by atoms with Gasteiger partial charge in [0.25, 0.3) is 5.91 Å². The summed E-state index contributed by atoms with van der Waals surface area (Å²) in [7, 11) is 0. The van der Waals surface area contributed by atoms with Crippen LogP contribution in [0.25, 0.3) is 28.2 Å². The fourth-order valence-electron chi connectivity index (χ4n) is 5.23. The summed E-state index contributed by atoms with van der Waals surface area (Å²) in [4.78, 5) is 33.4. The molecule has 5 aromatic rings. The van der Waals surface area contributed by atoms with E-state index in [4.69, 9.17) is 35.9 Å². The van der Waals surface area contributed by atoms with Gasteiger partial charge in [-0.1, -0.05) is 41.9 Å². The van der Waals surface area contributed by atoms with Crippen molar-refractivity contribution in [2.75, 3.05) is 6.61 Å². The number of carbonyl (C=O) groups excluding carboxylic acids is 2. The van der Waals surface area contributed by atoms with Crippen molar-refractivity contribution in [3.8, 4) is 34.0 Å². The highest BCUT2D eigenvalue weighted by Gasteiger charge is 2.49. The van der Waals surface area contributed by atoms with Crippen molar-refractivity contribution >= 4 is 29.1 Å². The van der Waals surface area contributed by atoms with Crippen LogP contribution >= 0.6 is 11.6 Å². The number of hydrogen-bond acceptors (Lipinski definition) is 7. The van der Waals surface area contributed by atoms with Crippen molar-refractivity contribution in [1.82, 2.24) is 19.5 Å². The van der Waals surface area contributed by atoms with E-state index < -0.39 is 29.2 Å². The molecule has 230 valence electrons. The lowest BCUT2D eigenvalue weighted by Gasteiger charge is -2.33. The molecule has 3 aromatic carbocycles. The van der Waals surface area contributed by atoms with E-state index in [1.807, 2.05) is 72.8 Å². The van der Waals surface area contributed by atoms with Crippen molar-refractivity contribution < 1.29 is 23.8 Å². The number of ether oxygens (including phenoxy) is 3. The van der Waals surface area contributed by atoms with Gasteiger partial charge in [0.05, 0.1) is 18.0 Å². The molecule has 1 amide bonds. The van der Waals surface area contributed by atoms with E-state index in [9.17, 15) is 9.59 Å². The van der Waals surface area contributed by atoms with E-state index in [1.54, 1.807) is 57.3 Å². The Hall–Kier alpha value is -4.73. The maximum absolute atomic E-state index is 14.1. The third-order valence-electron chi connectivity index (χ3n) is 7.30. The van der Waals surface area contributed by atoms with Gasteiger partial charge in [0.1, 0.15) is 22.8 Å². The summed E-state index contributed by atoms with van der Waals surface area (Å²) < 4.78 is 19.1. The minimum Gasteiger partial charge on any atom is -0.458 e. The number of esters is 1. The molecule has 1 saturated heterocycles. The van der Waals surface area contributed by atoms with Gasteiger partial charge in [-0.05, 0) is 89.2 Å². The second kappa shape index (κ2) is 11.6. The zero-order valence-electron chi connectivity index (χ0n) is 25.7. The molecule has 3 heterocycles. The van der Waals surface area contributed by atoms with E-state index in [2.05, 4.69) is 0 Å². The first-order chi connectivity index (χ1) is 21.4. The highest BCUT2D eigenvalue weighted by Crippen LogP contribution is 2.33. The van der Waals surface area contributed by atoms with Crippen LogP contribution in [0.2, 0.25) is 5.02 Å². The molecular weight excluding hydrogens is 592 g/mol. The predicted molar refractivity (Wildman–Crippen MR) is 171 cm³/mol. The highest BCUT2D eigenvalue weighted by molar-refractivity contribution is 6.30. The number of benzene rings is 3. The minimum absolute atomic E-state index is 0.0165. The Balaban J connectivity index is 1.41. The first kappa shape index (κ1) is 30.3. The van der Waals surface area contributed by atoms with Crippen molar-refractivity contribution in [2.45, 2.75) is 52.0 Å². The molecule has 0 saturated carbocycles. The molecule has 0 radical (unpaired) electrons. The van der Waals surface area contributed by atoms with Crippen LogP contribution in [-0.2, 0) is 14.3 Å². The summed E-state index contributed by atoms with van der Waals surface area (Å²) in [5.74, 6) is 0.403. The molecule has 0 bridgehead atoms. The Morgan fingerprint density at radius 2 is 1.56 bits per heavy atom. The molecule has 0 N–H and O–H groups in total. The third kappa shape index (κ3) is 6.41. The second-order valence-electron chi connectivity index (χ2n) is 12.3. The molecule has 0 spiro atoms. The molecular formula is C35H33ClN4O5. The number of aromatic nitrogens is 3. The molecule has 9 nitrogen and oxygen atoms in total. The number of halogens is 1. The molecule has 2 aromatic heterocycles. The van der Waals surface area contributed by atoms with Gasteiger partial charge in [0.15, 0.2) is 17.4 Å². The Kier molecular flexibility index (Phi) is 7.84. The van der Waals surface area contributed by atoms with Crippen molar-refractivity contribution in [1.29, 1.82) is 0 Å². The largest absolute Gasteiger partial charge is 0.458 e. The lowest BCUT2D eigenvalue weighted by Crippen LogP contribution is -2.52. The molecule has 1 fully saturated rings. The van der Waals surface area contributed by atoms with Crippen LogP contribution in [0.15, 0.2) is 91.0 Å². The Bertz CT molecular complexity index is 1860. The molecule has 6 rings (SSSR count). The summed E-state index contributed by atoms with van der Waals surface area (Å²) >= 11 is 6.16. The normalized spacial score (nSPS) is 16.1. The molecule has 0 aliphatic carbocycles. The van der Waals surface area contributed by atoms with Crippen LogP contribution in [0.3, 0.4) is 0 Å². The Morgan fingerprint density at radius 3 is 2.22 bits per heavy atom. The number of carbonyl (C=O) groups is 2. The number of hydrogen-bond donors (Lipinski definition) is 0. The molecule has 1 atom stereocenters. The van der Waals surface area contributed by atoms with Gasteiger partial charge in [-0.2, -0.15) is 5.10 Å². The van der Waals surface area contributed by atoms with Crippen molar-refractivity contribution in [2.24, 2.45) is 0 Å². The van der Waals surface area contributed by atoms with Gasteiger partial charge in [0, 0.05) is 22.2 Å². The minimum atomic E-state index is -1.06. The van der Waals surface area contributed by atoms with E-state index in [-0.39, 0.29) is 12.3 Å². The van der Waals surface area contributed by atoms with Gasteiger partial charge in [0.2, 0.25) is 0 Å². The van der Waals surface area contributed by atoms with Crippen LogP contribution < -0.4 is 4.74 Å². The van der Waals surface area contributed by atoms with E-state index in [0.29, 0.717) is 27.8 Å². The molecule has 1 aliphatic rings. The van der Waals surface area contributed by atoms with Gasteiger partial charge < -0.3 is 14.2 Å². The zero-order chi connectivity index (χ0) is 31.9. The first-order valence-corrected chi connectivity index (χ1v) is 15.0. The van der Waals surface area contributed by atoms with E-state index in [1.165, 1.54) is 4.90 Å². The summed E-state index contributed by atoms with van der Waals surface area (Å²) in [6.45, 7) is 8.85. The van der Waals surface area contributed by atoms with Crippen molar-refractivity contribution in [3.63, 3.8) is 0 Å². The highest BCUT2D eigenvalue weighted by atomic mass is 35.5. The topological polar surface area (TPSA) is 95.3 Å². The summed E-state index contributed by atoms with van der Waals surface area (Å²) in [6.07, 6.45) is 0. The monoisotopic (exact) mass is 624 g/mol. The zero-order valence-corrected chi connectivity index (χ0v) is 26.4. The van der Waals surface area contributed by atoms with Gasteiger partial charge >= 0.3 is 5.97 Å². The number of rotatable bonds is 6. The van der Waals surface area contributed by atoms with Crippen LogP contribution in [0.1, 0.15) is 45.1 Å². The lowest BCUT2D eigenvalue weighted by atomic mass is 10.1. The molecule has 10 heteroatoms. The number of fused-ring (bicyclic) bond motifs is 1. The number of para-hydroxylation sites is 1. The van der Waals surface area contributed by atoms with Gasteiger partial charge in [-0.25, -0.2) is 14.3 Å². The Morgan fingerprint density at radius 1 is 0.911 bits per heavy atom. The van der Waals surface area contributed by atoms with Crippen LogP contribution in [0.5, 0.6) is 11.5 Å². The lowest BCUT2D eigenvalue weighted by molar-refractivity contribution is -0.160. The van der Waals surface area contributed by atoms with Crippen LogP contribution in [0, 0.1) is 0 Å². The Labute approximate surface area is 266 Å². The second-order valence-corrected chi connectivity index (χ2v) is 12.7. The first-order valence-electron chi connectivity index (χ1n) is 14.6. The average molecular weight is 625 g/mol. The SMILES string of the molecule is CC(C)(C)OC(=O)[C@@H]1COC(C)(C)N1C(=O)c1cc2nc(-c3ccc(Cl)cc3)cc(-c3ccc(Oc4ccccc4)cc3)n2n1. The van der Waals surface area contributed by atoms with Gasteiger partial charge in [-0.3, -0.25) is 9.69 Å². The smallest absolute Gasteiger partial charge is 0.331 e. The van der Waals surface area contributed by atoms with Gasteiger partial charge in [-0.15, -0.1) is 0 Å². The van der Waals surface area contributed by atoms with E-state index >= 15 is 0 Å². The number of nitrogens with zero attached hydrogens (tertiary/aromatic N) is 4. The molecule has 0 unspecified atom stereocenters. The molecule has 45 heavy (non-hydrogen) atoms. The predicted octanol–water partition coefficient (Wildman–Crippen LogP) is 7.43. The average Bonchev–Trinajstić information content (AvgIpc) is 3.57. The van der Waals surface area contributed by atoms with Crippen molar-refractivity contribution in [3.05, 3.63) is 102 Å². The summed E-state index contributed by atoms with van der Waals surface area (Å²) in [5.41, 5.74) is 1.85.